The molecule has 0 bridgehead atoms. The van der Waals surface area contributed by atoms with Gasteiger partial charge in [0.15, 0.2) is 0 Å². The maximum atomic E-state index is 5.49. The molecule has 0 N–H and O–H groups in total. The second kappa shape index (κ2) is 5.85. The van der Waals surface area contributed by atoms with E-state index in [1.54, 1.807) is 0 Å². The van der Waals surface area contributed by atoms with Gasteiger partial charge >= 0.3 is 103 Å². The fraction of sp³-hybridized carbons (Fsp3) is 0.750. The third kappa shape index (κ3) is 2.88. The van der Waals surface area contributed by atoms with Crippen molar-refractivity contribution in [2.75, 3.05) is 24.6 Å². The number of nitrogens with zero attached hydrogens (tertiary/aromatic N) is 2. The molecule has 2 heterocycles. The summed E-state index contributed by atoms with van der Waals surface area (Å²) in [5.74, 6) is 0. The molecule has 4 heteroatoms. The van der Waals surface area contributed by atoms with Gasteiger partial charge in [-0.15, -0.1) is 0 Å². The number of aryl methyl sites for hydroxylation is 1. The topological polar surface area (TPSA) is 25.4 Å². The number of rotatable bonds is 4. The van der Waals surface area contributed by atoms with Crippen molar-refractivity contribution in [1.82, 2.24) is 4.98 Å². The molecule has 0 amide bonds. The van der Waals surface area contributed by atoms with Gasteiger partial charge < -0.3 is 0 Å². The van der Waals surface area contributed by atoms with Crippen LogP contribution in [0.1, 0.15) is 36.3 Å². The van der Waals surface area contributed by atoms with Crippen LogP contribution < -0.4 is 4.90 Å². The van der Waals surface area contributed by atoms with Crippen LogP contribution in [0.2, 0.25) is 0 Å². The standard InChI is InChI=1S/C12H20N2OSe/c1-3-15-9-11-10(2)13-12(16-11)14-7-5-4-6-8-14/h3-9H2,1-2H3. The molecule has 1 aromatic rings. The SMILES string of the molecule is CCOCc1[se]c(N2CCCCC2)nc1C. The fourth-order valence-electron chi connectivity index (χ4n) is 1.96. The number of hydrogen-bond donors (Lipinski definition) is 0. The van der Waals surface area contributed by atoms with E-state index in [1.807, 2.05) is 6.92 Å². The third-order valence-corrected chi connectivity index (χ3v) is 5.45. The van der Waals surface area contributed by atoms with Crippen molar-refractivity contribution in [3.05, 3.63) is 10.1 Å². The van der Waals surface area contributed by atoms with E-state index in [2.05, 4.69) is 11.8 Å². The summed E-state index contributed by atoms with van der Waals surface area (Å²) < 4.78 is 8.25. The average molecular weight is 287 g/mol. The summed E-state index contributed by atoms with van der Waals surface area (Å²) in [4.78, 5) is 7.19. The van der Waals surface area contributed by atoms with Gasteiger partial charge in [-0.3, -0.25) is 0 Å². The zero-order valence-corrected chi connectivity index (χ0v) is 11.9. The van der Waals surface area contributed by atoms with Gasteiger partial charge in [-0.05, 0) is 0 Å². The Balaban J connectivity index is 2.03. The predicted molar refractivity (Wildman–Crippen MR) is 67.3 cm³/mol. The molecule has 0 radical (unpaired) electrons. The predicted octanol–water partition coefficient (Wildman–Crippen LogP) is 1.97. The van der Waals surface area contributed by atoms with Gasteiger partial charge in [0.2, 0.25) is 0 Å². The quantitative estimate of drug-likeness (QED) is 0.792. The Morgan fingerprint density at radius 2 is 2.06 bits per heavy atom. The van der Waals surface area contributed by atoms with E-state index in [0.29, 0.717) is 14.5 Å². The van der Waals surface area contributed by atoms with Crippen LogP contribution >= 0.6 is 0 Å². The van der Waals surface area contributed by atoms with Gasteiger partial charge in [0, 0.05) is 0 Å². The summed E-state index contributed by atoms with van der Waals surface area (Å²) in [5.41, 5.74) is 1.20. The number of piperidine rings is 1. The normalized spacial score (nSPS) is 16.8. The summed E-state index contributed by atoms with van der Waals surface area (Å²) in [5, 5.41) is 0. The first-order valence-electron chi connectivity index (χ1n) is 6.10. The van der Waals surface area contributed by atoms with Gasteiger partial charge in [-0.1, -0.05) is 0 Å². The Labute approximate surface area is 104 Å². The molecule has 1 aromatic heterocycles. The van der Waals surface area contributed by atoms with Crippen LogP contribution in [0.4, 0.5) is 4.69 Å². The first-order chi connectivity index (χ1) is 7.81. The molecule has 0 saturated carbocycles. The number of aromatic nitrogens is 1. The van der Waals surface area contributed by atoms with Crippen molar-refractivity contribution >= 4 is 19.2 Å². The van der Waals surface area contributed by atoms with Gasteiger partial charge in [0.1, 0.15) is 0 Å². The van der Waals surface area contributed by atoms with Gasteiger partial charge in [-0.2, -0.15) is 0 Å². The van der Waals surface area contributed by atoms with E-state index in [4.69, 9.17) is 9.72 Å². The summed E-state index contributed by atoms with van der Waals surface area (Å²) in [6.07, 6.45) is 4.04. The Hall–Kier alpha value is -0.311. The summed E-state index contributed by atoms with van der Waals surface area (Å²) in [7, 11) is 0. The fourth-order valence-corrected chi connectivity index (χ4v) is 4.17. The molecule has 1 aliphatic heterocycles. The number of ether oxygens (including phenoxy) is 1. The van der Waals surface area contributed by atoms with Crippen molar-refractivity contribution in [2.24, 2.45) is 0 Å². The van der Waals surface area contributed by atoms with Gasteiger partial charge in [0.05, 0.1) is 0 Å². The van der Waals surface area contributed by atoms with Gasteiger partial charge in [-0.25, -0.2) is 0 Å². The number of anilines is 1. The molecule has 3 nitrogen and oxygen atoms in total. The first-order valence-corrected chi connectivity index (χ1v) is 7.81. The molecule has 90 valence electrons. The van der Waals surface area contributed by atoms with Crippen LogP contribution in [0.25, 0.3) is 0 Å². The van der Waals surface area contributed by atoms with E-state index < -0.39 is 0 Å². The van der Waals surface area contributed by atoms with E-state index in [1.165, 1.54) is 47.2 Å². The van der Waals surface area contributed by atoms with Crippen molar-refractivity contribution in [2.45, 2.75) is 39.7 Å². The van der Waals surface area contributed by atoms with E-state index in [0.717, 1.165) is 13.2 Å². The molecule has 1 saturated heterocycles. The molecular weight excluding hydrogens is 267 g/mol. The molecular formula is C12H20N2OSe. The second-order valence-electron chi connectivity index (χ2n) is 4.19. The van der Waals surface area contributed by atoms with E-state index in [9.17, 15) is 0 Å². The summed E-state index contributed by atoms with van der Waals surface area (Å²) in [6.45, 7) is 8.15. The van der Waals surface area contributed by atoms with Crippen molar-refractivity contribution in [1.29, 1.82) is 0 Å². The third-order valence-electron chi connectivity index (χ3n) is 2.95. The van der Waals surface area contributed by atoms with Crippen LogP contribution in [0.15, 0.2) is 0 Å². The summed E-state index contributed by atoms with van der Waals surface area (Å²) in [6, 6.07) is 0. The monoisotopic (exact) mass is 288 g/mol. The van der Waals surface area contributed by atoms with Crippen molar-refractivity contribution in [3.8, 4) is 0 Å². The van der Waals surface area contributed by atoms with Crippen molar-refractivity contribution in [3.63, 3.8) is 0 Å². The van der Waals surface area contributed by atoms with E-state index >= 15 is 0 Å². The first kappa shape index (κ1) is 12.2. The zero-order valence-electron chi connectivity index (χ0n) is 10.2. The molecule has 1 fully saturated rings. The molecule has 0 spiro atoms. The molecule has 16 heavy (non-hydrogen) atoms. The minimum absolute atomic E-state index is 0.413. The minimum atomic E-state index is 0.413. The second-order valence-corrected chi connectivity index (χ2v) is 6.42. The Morgan fingerprint density at radius 1 is 1.31 bits per heavy atom. The van der Waals surface area contributed by atoms with Crippen LogP contribution in [-0.2, 0) is 11.3 Å². The van der Waals surface area contributed by atoms with Crippen LogP contribution in [-0.4, -0.2) is 39.2 Å². The van der Waals surface area contributed by atoms with Crippen LogP contribution in [0, 0.1) is 6.92 Å². The molecule has 2 rings (SSSR count). The molecule has 1 aliphatic rings. The molecule has 0 atom stereocenters. The Kier molecular flexibility index (Phi) is 4.45. The Morgan fingerprint density at radius 3 is 2.75 bits per heavy atom. The zero-order chi connectivity index (χ0) is 11.4. The molecule has 0 aliphatic carbocycles. The average Bonchev–Trinajstić information content (AvgIpc) is 2.69. The summed E-state index contributed by atoms with van der Waals surface area (Å²) >= 11 is 0.413. The maximum absolute atomic E-state index is 5.49. The van der Waals surface area contributed by atoms with Crippen LogP contribution in [0.5, 0.6) is 0 Å². The number of hydrogen-bond acceptors (Lipinski definition) is 3. The molecule has 0 aromatic carbocycles. The molecule has 0 unspecified atom stereocenters. The van der Waals surface area contributed by atoms with E-state index in [-0.39, 0.29) is 0 Å². The van der Waals surface area contributed by atoms with Crippen LogP contribution in [0.3, 0.4) is 0 Å². The Bertz CT molecular complexity index is 332. The van der Waals surface area contributed by atoms with Crippen molar-refractivity contribution < 1.29 is 4.74 Å². The van der Waals surface area contributed by atoms with Gasteiger partial charge in [0.25, 0.3) is 0 Å².